The monoisotopic (exact) mass is 490 g/mol. The van der Waals surface area contributed by atoms with E-state index in [4.69, 9.17) is 4.74 Å². The molecule has 0 radical (unpaired) electrons. The Labute approximate surface area is 198 Å². The highest BCUT2D eigenvalue weighted by molar-refractivity contribution is 5.99. The maximum Gasteiger partial charge on any atom is 0.408 e. The van der Waals surface area contributed by atoms with E-state index >= 15 is 0 Å². The van der Waals surface area contributed by atoms with Crippen molar-refractivity contribution in [3.05, 3.63) is 40.3 Å². The lowest BCUT2D eigenvalue weighted by Gasteiger charge is -2.39. The van der Waals surface area contributed by atoms with Gasteiger partial charge in [-0.2, -0.15) is 18.2 Å². The molecule has 0 unspecified atom stereocenters. The van der Waals surface area contributed by atoms with E-state index < -0.39 is 30.1 Å². The lowest BCUT2D eigenvalue weighted by Crippen LogP contribution is -2.54. The molecule has 2 bridgehead atoms. The molecular formula is C23H25F3N6O3. The standard InChI is InChI=1S/C23H25F3N6O3/c24-23(25,26)18-5-6-30-21(34)8-20(31-10-16-7-15(31)12-35-16)29-22(30)32(18)11-17(33)13-1-4-19(27-9-13)28-14-2-3-14/h1,4,8-9,14-16,18H,2-3,5-7,10-12H2,(H,27,28)/t15-,16+,18-/m0/s1. The third kappa shape index (κ3) is 4.24. The van der Waals surface area contributed by atoms with Crippen molar-refractivity contribution in [2.24, 2.45) is 0 Å². The number of anilines is 3. The molecule has 2 saturated heterocycles. The van der Waals surface area contributed by atoms with Crippen LogP contribution in [0.3, 0.4) is 0 Å². The van der Waals surface area contributed by atoms with Crippen LogP contribution in [0.25, 0.3) is 0 Å². The van der Waals surface area contributed by atoms with Gasteiger partial charge in [0, 0.05) is 37.0 Å². The minimum absolute atomic E-state index is 0.0334. The van der Waals surface area contributed by atoms with Gasteiger partial charge in [0.15, 0.2) is 5.78 Å². The smallest absolute Gasteiger partial charge is 0.374 e. The molecule has 4 aliphatic rings. The Kier molecular flexibility index (Phi) is 5.24. The van der Waals surface area contributed by atoms with Crippen LogP contribution >= 0.6 is 0 Å². The molecule has 1 saturated carbocycles. The highest BCUT2D eigenvalue weighted by Crippen LogP contribution is 2.36. The Morgan fingerprint density at radius 3 is 2.69 bits per heavy atom. The summed E-state index contributed by atoms with van der Waals surface area (Å²) in [6.45, 7) is 0.354. The van der Waals surface area contributed by atoms with Gasteiger partial charge in [-0.1, -0.05) is 0 Å². The maximum absolute atomic E-state index is 14.0. The molecule has 6 rings (SSSR count). The quantitative estimate of drug-likeness (QED) is 0.617. The molecular weight excluding hydrogens is 465 g/mol. The maximum atomic E-state index is 14.0. The second kappa shape index (κ2) is 8.21. The summed E-state index contributed by atoms with van der Waals surface area (Å²) in [6, 6.07) is 3.09. The number of hydrogen-bond acceptors (Lipinski definition) is 8. The van der Waals surface area contributed by atoms with Crippen molar-refractivity contribution in [3.8, 4) is 0 Å². The highest BCUT2D eigenvalue weighted by Gasteiger charge is 2.48. The van der Waals surface area contributed by atoms with Crippen molar-refractivity contribution in [1.82, 2.24) is 14.5 Å². The van der Waals surface area contributed by atoms with Crippen LogP contribution in [0.2, 0.25) is 0 Å². The van der Waals surface area contributed by atoms with Gasteiger partial charge in [-0.05, 0) is 37.8 Å². The van der Waals surface area contributed by atoms with Gasteiger partial charge in [0.05, 0.1) is 25.3 Å². The summed E-state index contributed by atoms with van der Waals surface area (Å²) < 4.78 is 48.9. The Balaban J connectivity index is 1.31. The molecule has 3 aliphatic heterocycles. The number of morpholine rings is 1. The van der Waals surface area contributed by atoms with Crippen LogP contribution in [-0.4, -0.2) is 70.4 Å². The normalized spacial score (nSPS) is 25.6. The summed E-state index contributed by atoms with van der Waals surface area (Å²) in [5, 5.41) is 3.21. The zero-order valence-corrected chi connectivity index (χ0v) is 18.9. The third-order valence-electron chi connectivity index (χ3n) is 7.14. The summed E-state index contributed by atoms with van der Waals surface area (Å²) in [6.07, 6.45) is -0.591. The molecule has 2 aromatic rings. The SMILES string of the molecule is O=C(CN1c2nc(N3C[C@H]4C[C@H]3CO4)cc(=O)n2CC[C@H]1C(F)(F)F)c1ccc(NC2CC2)nc1. The van der Waals surface area contributed by atoms with Gasteiger partial charge in [-0.25, -0.2) is 4.98 Å². The number of pyridine rings is 1. The molecule has 35 heavy (non-hydrogen) atoms. The Morgan fingerprint density at radius 1 is 1.23 bits per heavy atom. The number of fused-ring (bicyclic) bond motifs is 3. The molecule has 0 aromatic carbocycles. The fraction of sp³-hybridized carbons (Fsp3) is 0.565. The second-order valence-electron chi connectivity index (χ2n) is 9.65. The van der Waals surface area contributed by atoms with Crippen molar-refractivity contribution in [3.63, 3.8) is 0 Å². The van der Waals surface area contributed by atoms with Gasteiger partial charge in [-0.15, -0.1) is 0 Å². The number of ketones is 1. The first kappa shape index (κ1) is 22.3. The fourth-order valence-electron chi connectivity index (χ4n) is 5.13. The zero-order valence-electron chi connectivity index (χ0n) is 18.9. The average Bonchev–Trinajstić information content (AvgIpc) is 3.37. The van der Waals surface area contributed by atoms with Crippen LogP contribution in [0, 0.1) is 0 Å². The number of nitrogens with zero attached hydrogens (tertiary/aromatic N) is 5. The van der Waals surface area contributed by atoms with E-state index in [9.17, 15) is 22.8 Å². The topological polar surface area (TPSA) is 92.6 Å². The molecule has 1 aliphatic carbocycles. The van der Waals surface area contributed by atoms with Crippen LogP contribution in [-0.2, 0) is 11.3 Å². The number of rotatable bonds is 6. The van der Waals surface area contributed by atoms with Gasteiger partial charge < -0.3 is 19.9 Å². The summed E-state index contributed by atoms with van der Waals surface area (Å²) in [5.41, 5.74) is -0.221. The lowest BCUT2D eigenvalue weighted by atomic mass is 10.1. The van der Waals surface area contributed by atoms with Crippen molar-refractivity contribution in [2.75, 3.05) is 34.8 Å². The first-order chi connectivity index (χ1) is 16.8. The van der Waals surface area contributed by atoms with E-state index in [0.29, 0.717) is 30.8 Å². The van der Waals surface area contributed by atoms with Crippen LogP contribution in [0.15, 0.2) is 29.2 Å². The summed E-state index contributed by atoms with van der Waals surface area (Å²) in [5.74, 6) is 0.307. The van der Waals surface area contributed by atoms with E-state index in [2.05, 4.69) is 15.3 Å². The van der Waals surface area contributed by atoms with Crippen molar-refractivity contribution < 1.29 is 22.7 Å². The van der Waals surface area contributed by atoms with Gasteiger partial charge in [0.1, 0.15) is 17.7 Å². The van der Waals surface area contributed by atoms with Gasteiger partial charge in [-0.3, -0.25) is 14.2 Å². The van der Waals surface area contributed by atoms with Crippen LogP contribution in [0.1, 0.15) is 36.0 Å². The Morgan fingerprint density at radius 2 is 2.06 bits per heavy atom. The highest BCUT2D eigenvalue weighted by atomic mass is 19.4. The molecule has 186 valence electrons. The van der Waals surface area contributed by atoms with Crippen molar-refractivity contribution in [1.29, 1.82) is 0 Å². The van der Waals surface area contributed by atoms with E-state index in [-0.39, 0.29) is 36.6 Å². The number of carbonyl (C=O) groups excluding carboxylic acids is 1. The van der Waals surface area contributed by atoms with E-state index in [1.165, 1.54) is 16.8 Å². The molecule has 9 nitrogen and oxygen atoms in total. The molecule has 12 heteroatoms. The first-order valence-electron chi connectivity index (χ1n) is 11.9. The molecule has 5 heterocycles. The summed E-state index contributed by atoms with van der Waals surface area (Å²) >= 11 is 0. The van der Waals surface area contributed by atoms with E-state index in [0.717, 1.165) is 24.2 Å². The molecule has 0 amide bonds. The molecule has 1 N–H and O–H groups in total. The second-order valence-corrected chi connectivity index (χ2v) is 9.65. The number of Topliss-reactive ketones (excluding diaryl/α,β-unsaturated/α-hetero) is 1. The first-order valence-corrected chi connectivity index (χ1v) is 11.9. The fourth-order valence-corrected chi connectivity index (χ4v) is 5.13. The summed E-state index contributed by atoms with van der Waals surface area (Å²) in [4.78, 5) is 37.5. The van der Waals surface area contributed by atoms with Crippen LogP contribution < -0.4 is 20.7 Å². The van der Waals surface area contributed by atoms with Gasteiger partial charge >= 0.3 is 6.18 Å². The minimum atomic E-state index is -4.59. The Bertz CT molecular complexity index is 1200. The molecule has 3 fully saturated rings. The lowest BCUT2D eigenvalue weighted by molar-refractivity contribution is -0.152. The predicted octanol–water partition coefficient (Wildman–Crippen LogP) is 2.21. The number of aromatic nitrogens is 3. The van der Waals surface area contributed by atoms with E-state index in [1.807, 2.05) is 4.90 Å². The predicted molar refractivity (Wildman–Crippen MR) is 121 cm³/mol. The average molecular weight is 490 g/mol. The number of carbonyl (C=O) groups is 1. The Hall–Kier alpha value is -3.15. The molecule has 3 atom stereocenters. The number of hydrogen-bond donors (Lipinski definition) is 1. The number of alkyl halides is 3. The van der Waals surface area contributed by atoms with Gasteiger partial charge in [0.25, 0.3) is 5.56 Å². The number of ether oxygens (including phenoxy) is 1. The van der Waals surface area contributed by atoms with E-state index in [1.54, 1.807) is 12.1 Å². The molecule has 0 spiro atoms. The minimum Gasteiger partial charge on any atom is -0.374 e. The third-order valence-corrected chi connectivity index (χ3v) is 7.14. The van der Waals surface area contributed by atoms with Crippen LogP contribution in [0.4, 0.5) is 30.8 Å². The largest absolute Gasteiger partial charge is 0.408 e. The number of nitrogens with one attached hydrogen (secondary N) is 1. The van der Waals surface area contributed by atoms with Crippen molar-refractivity contribution in [2.45, 2.75) is 62.6 Å². The van der Waals surface area contributed by atoms with Gasteiger partial charge in [0.2, 0.25) is 5.95 Å². The molecule has 2 aromatic heterocycles. The van der Waals surface area contributed by atoms with Crippen molar-refractivity contribution >= 4 is 23.4 Å². The number of halogens is 3. The zero-order chi connectivity index (χ0) is 24.3. The van der Waals surface area contributed by atoms with Crippen LogP contribution in [0.5, 0.6) is 0 Å². The summed E-state index contributed by atoms with van der Waals surface area (Å²) in [7, 11) is 0.